The van der Waals surface area contributed by atoms with Gasteiger partial charge in [-0.3, -0.25) is 4.99 Å². The second-order valence-electron chi connectivity index (χ2n) is 2.84. The Balaban J connectivity index is 2.87. The zero-order valence-electron chi connectivity index (χ0n) is 7.07. The molecule has 1 heterocycles. The Morgan fingerprint density at radius 1 is 1.36 bits per heavy atom. The first-order chi connectivity index (χ1) is 6.68. The molecule has 0 unspecified atom stereocenters. The summed E-state index contributed by atoms with van der Waals surface area (Å²) in [6.07, 6.45) is 1.67. The van der Waals surface area contributed by atoms with Gasteiger partial charge in [0, 0.05) is 8.79 Å². The number of para-hydroxylation sites is 1. The third-order valence-corrected chi connectivity index (χ3v) is 3.49. The van der Waals surface area contributed by atoms with E-state index in [2.05, 4.69) is 27.6 Å². The van der Waals surface area contributed by atoms with E-state index in [1.54, 1.807) is 6.08 Å². The average Bonchev–Trinajstić information content (AvgIpc) is 2.17. The Morgan fingerprint density at radius 2 is 2.14 bits per heavy atom. The summed E-state index contributed by atoms with van der Waals surface area (Å²) < 4.78 is 22.5. The molecule has 0 radical (unpaired) electrons. The molecule has 0 saturated heterocycles. The van der Waals surface area contributed by atoms with Gasteiger partial charge in [0.2, 0.25) is 10.3 Å². The molecule has 1 aliphatic rings. The lowest BCUT2D eigenvalue weighted by Crippen LogP contribution is -2.33. The number of nitrogens with zero attached hydrogens (tertiary/aromatic N) is 1. The molecule has 0 saturated carbocycles. The van der Waals surface area contributed by atoms with Gasteiger partial charge in [-0.25, -0.2) is 0 Å². The summed E-state index contributed by atoms with van der Waals surface area (Å²) in [5.74, 6) is 0. The van der Waals surface area contributed by atoms with Crippen LogP contribution in [0.5, 0.6) is 0 Å². The molecular weight excluding hydrogens is 313 g/mol. The number of halogens is 1. The van der Waals surface area contributed by atoms with Crippen LogP contribution in [0, 0.1) is 3.57 Å². The number of hydrogen-bond donors (Lipinski definition) is 0. The maximum Gasteiger partial charge on any atom is 0.219 e. The first-order valence-electron chi connectivity index (χ1n) is 3.94. The van der Waals surface area contributed by atoms with Crippen LogP contribution in [0.4, 0.5) is 0 Å². The van der Waals surface area contributed by atoms with Crippen LogP contribution in [0.3, 0.4) is 0 Å². The molecular formula is C9H6INO2S. The molecule has 0 atom stereocenters. The SMILES string of the molecule is O=S(=O)=C1C=c2cccc(I)c2=NC1. The zero-order chi connectivity index (χ0) is 10.1. The van der Waals surface area contributed by atoms with Crippen molar-refractivity contribution in [3.8, 4) is 0 Å². The summed E-state index contributed by atoms with van der Waals surface area (Å²) in [6.45, 7) is 0.253. The van der Waals surface area contributed by atoms with Crippen molar-refractivity contribution in [2.75, 3.05) is 6.54 Å². The normalized spacial score (nSPS) is 13.9. The Hall–Kier alpha value is -0.690. The molecule has 0 N–H and O–H groups in total. The highest BCUT2D eigenvalue weighted by Gasteiger charge is 2.04. The van der Waals surface area contributed by atoms with Gasteiger partial charge in [0.15, 0.2) is 0 Å². The van der Waals surface area contributed by atoms with Crippen molar-refractivity contribution in [1.82, 2.24) is 0 Å². The molecule has 1 aliphatic heterocycles. The van der Waals surface area contributed by atoms with E-state index in [0.29, 0.717) is 4.86 Å². The minimum absolute atomic E-state index is 0.253. The molecule has 0 bridgehead atoms. The standard InChI is InChI=1S/C9H6INO2S/c10-8-3-1-2-6-4-7(14(12)13)5-11-9(6)8/h1-4H,5H2. The Kier molecular flexibility index (Phi) is 2.69. The molecule has 0 spiro atoms. The van der Waals surface area contributed by atoms with E-state index in [1.165, 1.54) is 0 Å². The van der Waals surface area contributed by atoms with Gasteiger partial charge in [0.1, 0.15) is 0 Å². The fraction of sp³-hybridized carbons (Fsp3) is 0.111. The highest BCUT2D eigenvalue weighted by Crippen LogP contribution is 1.95. The maximum absolute atomic E-state index is 10.7. The van der Waals surface area contributed by atoms with Crippen LogP contribution >= 0.6 is 22.6 Å². The molecule has 1 aromatic rings. The molecule has 0 aromatic heterocycles. The minimum Gasteiger partial charge on any atom is -0.278 e. The summed E-state index contributed by atoms with van der Waals surface area (Å²) in [6, 6.07) is 5.71. The van der Waals surface area contributed by atoms with Crippen molar-refractivity contribution >= 4 is 43.8 Å². The molecule has 5 heteroatoms. The Labute approximate surface area is 95.8 Å². The van der Waals surface area contributed by atoms with E-state index in [-0.39, 0.29) is 6.54 Å². The van der Waals surface area contributed by atoms with Crippen LogP contribution in [-0.2, 0) is 10.3 Å². The summed E-state index contributed by atoms with van der Waals surface area (Å²) in [5.41, 5.74) is 0. The molecule has 14 heavy (non-hydrogen) atoms. The maximum atomic E-state index is 10.7. The van der Waals surface area contributed by atoms with Crippen LogP contribution in [0.25, 0.3) is 6.08 Å². The Bertz CT molecular complexity index is 623. The van der Waals surface area contributed by atoms with Gasteiger partial charge in [-0.05, 0) is 34.7 Å². The van der Waals surface area contributed by atoms with Crippen LogP contribution < -0.4 is 10.6 Å². The predicted octanol–water partition coefficient (Wildman–Crippen LogP) is -0.244. The van der Waals surface area contributed by atoms with E-state index in [4.69, 9.17) is 0 Å². The van der Waals surface area contributed by atoms with Crippen LogP contribution in [-0.4, -0.2) is 19.8 Å². The average molecular weight is 319 g/mol. The lowest BCUT2D eigenvalue weighted by molar-refractivity contribution is 0.627. The van der Waals surface area contributed by atoms with E-state index in [1.807, 2.05) is 18.2 Å². The summed E-state index contributed by atoms with van der Waals surface area (Å²) in [7, 11) is -2.15. The lowest BCUT2D eigenvalue weighted by Gasteiger charge is -2.01. The van der Waals surface area contributed by atoms with Crippen molar-refractivity contribution in [2.24, 2.45) is 4.99 Å². The van der Waals surface area contributed by atoms with E-state index in [0.717, 1.165) is 14.1 Å². The third-order valence-electron chi connectivity index (χ3n) is 1.94. The van der Waals surface area contributed by atoms with Gasteiger partial charge < -0.3 is 0 Å². The smallest absolute Gasteiger partial charge is 0.219 e. The molecule has 72 valence electrons. The van der Waals surface area contributed by atoms with Crippen molar-refractivity contribution in [2.45, 2.75) is 0 Å². The third kappa shape index (κ3) is 1.74. The van der Waals surface area contributed by atoms with Gasteiger partial charge in [0.25, 0.3) is 0 Å². The fourth-order valence-corrected chi connectivity index (χ4v) is 2.37. The summed E-state index contributed by atoms with van der Waals surface area (Å²) in [4.78, 5) is 4.57. The molecule has 0 fully saturated rings. The van der Waals surface area contributed by atoms with E-state index >= 15 is 0 Å². The van der Waals surface area contributed by atoms with Crippen molar-refractivity contribution in [3.63, 3.8) is 0 Å². The first-order valence-corrected chi connectivity index (χ1v) is 6.09. The predicted molar refractivity (Wildman–Crippen MR) is 63.2 cm³/mol. The number of benzene rings is 1. The molecule has 1 aromatic carbocycles. The van der Waals surface area contributed by atoms with Gasteiger partial charge in [-0.2, -0.15) is 8.42 Å². The minimum atomic E-state index is -2.15. The second-order valence-corrected chi connectivity index (χ2v) is 5.00. The topological polar surface area (TPSA) is 46.5 Å². The highest BCUT2D eigenvalue weighted by molar-refractivity contribution is 14.1. The fourth-order valence-electron chi connectivity index (χ4n) is 1.29. The Morgan fingerprint density at radius 3 is 2.86 bits per heavy atom. The van der Waals surface area contributed by atoms with Crippen molar-refractivity contribution in [1.29, 1.82) is 0 Å². The number of hydrogen-bond acceptors (Lipinski definition) is 3. The van der Waals surface area contributed by atoms with Crippen molar-refractivity contribution < 1.29 is 8.42 Å². The van der Waals surface area contributed by atoms with Gasteiger partial charge in [-0.15, -0.1) is 0 Å². The molecule has 0 amide bonds. The van der Waals surface area contributed by atoms with Crippen LogP contribution in [0.1, 0.15) is 0 Å². The number of rotatable bonds is 0. The van der Waals surface area contributed by atoms with Gasteiger partial charge >= 0.3 is 0 Å². The monoisotopic (exact) mass is 319 g/mol. The van der Waals surface area contributed by atoms with Crippen molar-refractivity contribution in [3.05, 3.63) is 32.3 Å². The molecule has 3 nitrogen and oxygen atoms in total. The quantitative estimate of drug-likeness (QED) is 0.489. The first kappa shape index (κ1) is 9.85. The molecule has 2 rings (SSSR count). The summed E-state index contributed by atoms with van der Waals surface area (Å²) in [5, 5.41) is 1.77. The highest BCUT2D eigenvalue weighted by atomic mass is 127. The van der Waals surface area contributed by atoms with E-state index < -0.39 is 10.3 Å². The molecule has 0 aliphatic carbocycles. The van der Waals surface area contributed by atoms with Gasteiger partial charge in [0.05, 0.1) is 16.8 Å². The van der Waals surface area contributed by atoms with Gasteiger partial charge in [-0.1, -0.05) is 12.1 Å². The van der Waals surface area contributed by atoms with E-state index in [9.17, 15) is 8.42 Å². The van der Waals surface area contributed by atoms with Crippen LogP contribution in [0.15, 0.2) is 23.2 Å². The lowest BCUT2D eigenvalue weighted by atomic mass is 10.2. The zero-order valence-corrected chi connectivity index (χ0v) is 10.0. The summed E-state index contributed by atoms with van der Waals surface area (Å²) >= 11 is 2.19. The number of fused-ring (bicyclic) bond motifs is 1. The largest absolute Gasteiger partial charge is 0.278 e. The second kappa shape index (κ2) is 3.82. The van der Waals surface area contributed by atoms with Crippen LogP contribution in [0.2, 0.25) is 0 Å².